The van der Waals surface area contributed by atoms with Crippen molar-refractivity contribution in [1.82, 2.24) is 4.90 Å². The smallest absolute Gasteiger partial charge is 0.337 e. The molecule has 1 aromatic carbocycles. The first-order valence-electron chi connectivity index (χ1n) is 17.4. The van der Waals surface area contributed by atoms with E-state index in [0.29, 0.717) is 23.3 Å². The summed E-state index contributed by atoms with van der Waals surface area (Å²) >= 11 is 0. The number of primary amides is 2. The summed E-state index contributed by atoms with van der Waals surface area (Å²) in [6, 6.07) is 6.49. The van der Waals surface area contributed by atoms with Gasteiger partial charge < -0.3 is 16.2 Å². The standard InChI is InChI=1S/C39H55N3O4/c1-23(2)26-15-20-39(42(33(40)44)34(41)45)22-21-37(6)28(31(26)39)13-14-30-36(5)18-16-27(24-9-11-25(12-10-24)32(43)46-8)35(3,4)29(36)17-19-38(30,37)7/h9-12,16,26,28-31H,1,13-15,17-22H2,2-8H3,(H2,40,44)(H2,41,45). The Labute approximate surface area is 275 Å². The molecule has 6 rings (SSSR count). The maximum Gasteiger partial charge on any atom is 0.337 e. The summed E-state index contributed by atoms with van der Waals surface area (Å²) in [5.74, 6) is 1.48. The zero-order valence-electron chi connectivity index (χ0n) is 29.1. The van der Waals surface area contributed by atoms with Gasteiger partial charge in [0.15, 0.2) is 0 Å². The molecular weight excluding hydrogens is 574 g/mol. The van der Waals surface area contributed by atoms with Crippen molar-refractivity contribution in [1.29, 1.82) is 0 Å². The molecule has 0 aromatic heterocycles. The van der Waals surface area contributed by atoms with Crippen LogP contribution in [0.4, 0.5) is 9.59 Å². The van der Waals surface area contributed by atoms with Crippen molar-refractivity contribution >= 4 is 23.6 Å². The van der Waals surface area contributed by atoms with Gasteiger partial charge in [-0.05, 0) is 139 Å². The van der Waals surface area contributed by atoms with Crippen LogP contribution in [0.15, 0.2) is 42.5 Å². The second-order valence-corrected chi connectivity index (χ2v) is 16.9. The SMILES string of the molecule is C=C(C)C1CCC2(N(C(N)=O)C(N)=O)CCC3(C)C(CCC4C5(C)CC=C(c6ccc(C(=O)OC)cc6)C(C)(C)C5CCC43C)C12. The van der Waals surface area contributed by atoms with Crippen LogP contribution < -0.4 is 11.5 Å². The zero-order chi connectivity index (χ0) is 33.6. The van der Waals surface area contributed by atoms with Gasteiger partial charge in [-0.15, -0.1) is 0 Å². The predicted octanol–water partition coefficient (Wildman–Crippen LogP) is 8.34. The number of imide groups is 1. The molecule has 5 aliphatic rings. The third-order valence-corrected chi connectivity index (χ3v) is 15.1. The van der Waals surface area contributed by atoms with Gasteiger partial charge in [-0.1, -0.05) is 65.0 Å². The minimum atomic E-state index is -0.719. The molecule has 0 saturated heterocycles. The fourth-order valence-electron chi connectivity index (χ4n) is 13.0. The lowest BCUT2D eigenvalue weighted by Gasteiger charge is -2.72. The van der Waals surface area contributed by atoms with Crippen molar-refractivity contribution in [2.45, 2.75) is 105 Å². The van der Waals surface area contributed by atoms with Crippen LogP contribution >= 0.6 is 0 Å². The van der Waals surface area contributed by atoms with Crippen LogP contribution in [-0.4, -0.2) is 35.6 Å². The number of hydrogen-bond donors (Lipinski definition) is 2. The van der Waals surface area contributed by atoms with E-state index in [9.17, 15) is 14.4 Å². The first-order valence-corrected chi connectivity index (χ1v) is 17.4. The minimum Gasteiger partial charge on any atom is -0.465 e. The third kappa shape index (κ3) is 4.24. The van der Waals surface area contributed by atoms with Gasteiger partial charge in [0.25, 0.3) is 0 Å². The minimum absolute atomic E-state index is 0.0272. The molecule has 46 heavy (non-hydrogen) atoms. The van der Waals surface area contributed by atoms with Gasteiger partial charge in [0.1, 0.15) is 0 Å². The lowest BCUT2D eigenvalue weighted by atomic mass is 9.33. The normalized spacial score (nSPS) is 40.7. The predicted molar refractivity (Wildman–Crippen MR) is 181 cm³/mol. The molecule has 4 fully saturated rings. The highest BCUT2D eigenvalue weighted by atomic mass is 16.5. The maximum absolute atomic E-state index is 12.8. The first-order chi connectivity index (χ1) is 21.5. The first kappa shape index (κ1) is 32.8. The number of methoxy groups -OCH3 is 1. The van der Waals surface area contributed by atoms with Crippen LogP contribution in [0.3, 0.4) is 0 Å². The number of ether oxygens (including phenoxy) is 1. The second-order valence-electron chi connectivity index (χ2n) is 16.9. The largest absolute Gasteiger partial charge is 0.465 e. The number of allylic oxidation sites excluding steroid dienone is 3. The molecular formula is C39H55N3O4. The molecule has 1 aromatic rings. The highest BCUT2D eigenvalue weighted by Crippen LogP contribution is 2.77. The molecule has 9 unspecified atom stereocenters. The monoisotopic (exact) mass is 629 g/mol. The highest BCUT2D eigenvalue weighted by Gasteiger charge is 2.71. The Bertz CT molecular complexity index is 1480. The third-order valence-electron chi connectivity index (χ3n) is 15.1. The number of carbonyl (C=O) groups excluding carboxylic acids is 3. The molecule has 4 amide bonds. The van der Waals surface area contributed by atoms with Crippen LogP contribution in [0.1, 0.15) is 115 Å². The molecule has 7 nitrogen and oxygen atoms in total. The summed E-state index contributed by atoms with van der Waals surface area (Å²) in [6.45, 7) is 19.1. The van der Waals surface area contributed by atoms with E-state index in [4.69, 9.17) is 16.2 Å². The van der Waals surface area contributed by atoms with E-state index in [1.807, 2.05) is 12.1 Å². The zero-order valence-corrected chi connectivity index (χ0v) is 29.1. The van der Waals surface area contributed by atoms with Gasteiger partial charge in [0, 0.05) is 0 Å². The molecule has 5 aliphatic carbocycles. The van der Waals surface area contributed by atoms with E-state index in [2.05, 4.69) is 66.3 Å². The van der Waals surface area contributed by atoms with Gasteiger partial charge in [-0.3, -0.25) is 0 Å². The average Bonchev–Trinajstić information content (AvgIpc) is 3.37. The van der Waals surface area contributed by atoms with Gasteiger partial charge in [0.05, 0.1) is 18.2 Å². The summed E-state index contributed by atoms with van der Waals surface area (Å²) in [7, 11) is 1.42. The van der Waals surface area contributed by atoms with E-state index in [1.54, 1.807) is 0 Å². The van der Waals surface area contributed by atoms with Gasteiger partial charge in [-0.25, -0.2) is 19.3 Å². The Hall–Kier alpha value is -3.09. The Morgan fingerprint density at radius 1 is 0.848 bits per heavy atom. The molecule has 0 heterocycles. The molecule has 0 bridgehead atoms. The summed E-state index contributed by atoms with van der Waals surface area (Å²) in [6.07, 6.45) is 11.4. The highest BCUT2D eigenvalue weighted by molar-refractivity contribution is 5.93. The van der Waals surface area contributed by atoms with Crippen LogP contribution in [0, 0.1) is 51.2 Å². The van der Waals surface area contributed by atoms with E-state index in [1.165, 1.54) is 23.1 Å². The van der Waals surface area contributed by atoms with Crippen LogP contribution in [-0.2, 0) is 4.74 Å². The van der Waals surface area contributed by atoms with Crippen molar-refractivity contribution in [2.75, 3.05) is 7.11 Å². The number of rotatable bonds is 4. The quantitative estimate of drug-likeness (QED) is 0.257. The lowest BCUT2D eigenvalue weighted by Crippen LogP contribution is -2.70. The van der Waals surface area contributed by atoms with Gasteiger partial charge >= 0.3 is 18.0 Å². The van der Waals surface area contributed by atoms with E-state index >= 15 is 0 Å². The van der Waals surface area contributed by atoms with Crippen LogP contribution in [0.25, 0.3) is 5.57 Å². The number of nitrogens with zero attached hydrogens (tertiary/aromatic N) is 1. The number of urea groups is 2. The summed E-state index contributed by atoms with van der Waals surface area (Å²) < 4.78 is 4.93. The van der Waals surface area contributed by atoms with E-state index in [-0.39, 0.29) is 39.5 Å². The Balaban J connectivity index is 1.37. The van der Waals surface area contributed by atoms with Gasteiger partial charge in [-0.2, -0.15) is 0 Å². The number of nitrogens with two attached hydrogens (primary N) is 2. The number of benzene rings is 1. The molecule has 250 valence electrons. The average molecular weight is 630 g/mol. The van der Waals surface area contributed by atoms with Crippen molar-refractivity contribution < 1.29 is 19.1 Å². The van der Waals surface area contributed by atoms with Crippen LogP contribution in [0.2, 0.25) is 0 Å². The second kappa shape index (κ2) is 10.7. The Kier molecular flexibility index (Phi) is 7.65. The topological polar surface area (TPSA) is 116 Å². The molecule has 0 aliphatic heterocycles. The number of fused-ring (bicyclic) bond motifs is 7. The van der Waals surface area contributed by atoms with Crippen molar-refractivity contribution in [2.24, 2.45) is 62.7 Å². The number of esters is 1. The van der Waals surface area contributed by atoms with E-state index in [0.717, 1.165) is 63.4 Å². The maximum atomic E-state index is 12.8. The molecule has 0 radical (unpaired) electrons. The van der Waals surface area contributed by atoms with Gasteiger partial charge in [0.2, 0.25) is 0 Å². The van der Waals surface area contributed by atoms with Crippen molar-refractivity contribution in [3.05, 3.63) is 53.6 Å². The number of amides is 4. The molecule has 0 spiro atoms. The molecule has 4 saturated carbocycles. The molecule has 7 heteroatoms. The summed E-state index contributed by atoms with van der Waals surface area (Å²) in [5.41, 5.74) is 15.7. The Morgan fingerprint density at radius 3 is 2.09 bits per heavy atom. The fourth-order valence-corrected chi connectivity index (χ4v) is 13.0. The lowest BCUT2D eigenvalue weighted by molar-refractivity contribution is -0.223. The number of carbonyl (C=O) groups is 3. The van der Waals surface area contributed by atoms with Crippen molar-refractivity contribution in [3.8, 4) is 0 Å². The van der Waals surface area contributed by atoms with E-state index < -0.39 is 17.6 Å². The van der Waals surface area contributed by atoms with Crippen molar-refractivity contribution in [3.63, 3.8) is 0 Å². The summed E-state index contributed by atoms with van der Waals surface area (Å²) in [4.78, 5) is 39.0. The molecule has 4 N–H and O–H groups in total. The summed E-state index contributed by atoms with van der Waals surface area (Å²) in [5, 5.41) is 0. The fraction of sp³-hybridized carbons (Fsp3) is 0.667. The number of hydrogen-bond acceptors (Lipinski definition) is 4. The molecule has 9 atom stereocenters. The van der Waals surface area contributed by atoms with Crippen LogP contribution in [0.5, 0.6) is 0 Å². The Morgan fingerprint density at radius 2 is 1.50 bits per heavy atom.